The van der Waals surface area contributed by atoms with Crippen LogP contribution in [0.1, 0.15) is 12.8 Å². The minimum atomic E-state index is -2.50. The zero-order chi connectivity index (χ0) is 9.64. The first kappa shape index (κ1) is 8.87. The Morgan fingerprint density at radius 1 is 1.46 bits per heavy atom. The molecule has 0 saturated heterocycles. The van der Waals surface area contributed by atoms with Crippen LogP contribution in [0.2, 0.25) is 0 Å². The van der Waals surface area contributed by atoms with Crippen LogP contribution in [0, 0.1) is 11.8 Å². The Bertz CT molecular complexity index is 228. The predicted molar refractivity (Wildman–Crippen MR) is 38.5 cm³/mol. The number of carbonyl (C=O) groups is 1. The maximum absolute atomic E-state index is 12.6. The number of fused-ring (bicyclic) bond motifs is 1. The summed E-state index contributed by atoms with van der Waals surface area (Å²) in [6, 6.07) is 0. The van der Waals surface area contributed by atoms with Crippen molar-refractivity contribution in [2.45, 2.75) is 24.9 Å². The first-order valence-corrected chi connectivity index (χ1v) is 4.23. The third-order valence-electron chi connectivity index (χ3n) is 2.84. The average Bonchev–Trinajstić information content (AvgIpc) is 2.51. The molecule has 1 N–H and O–H groups in total. The molecule has 2 rings (SSSR count). The molecule has 2 unspecified atom stereocenters. The molecule has 0 aromatic rings. The van der Waals surface area contributed by atoms with Crippen LogP contribution >= 0.6 is 0 Å². The third-order valence-corrected chi connectivity index (χ3v) is 2.84. The van der Waals surface area contributed by atoms with E-state index < -0.39 is 23.7 Å². The van der Waals surface area contributed by atoms with Crippen molar-refractivity contribution in [2.24, 2.45) is 11.8 Å². The van der Waals surface area contributed by atoms with E-state index in [1.54, 1.807) is 0 Å². The molecular weight excluding hydrogens is 182 g/mol. The molecule has 2 saturated carbocycles. The van der Waals surface area contributed by atoms with Crippen LogP contribution in [0.25, 0.3) is 0 Å². The lowest BCUT2D eigenvalue weighted by Gasteiger charge is -2.13. The highest BCUT2D eigenvalue weighted by molar-refractivity contribution is 5.68. The molecule has 3 nitrogen and oxygen atoms in total. The fourth-order valence-electron chi connectivity index (χ4n) is 2.09. The van der Waals surface area contributed by atoms with Gasteiger partial charge in [0.15, 0.2) is 0 Å². The molecule has 0 aliphatic heterocycles. The van der Waals surface area contributed by atoms with Crippen LogP contribution in [0.4, 0.5) is 8.78 Å². The van der Waals surface area contributed by atoms with E-state index in [4.69, 9.17) is 9.84 Å². The van der Waals surface area contributed by atoms with Gasteiger partial charge in [0.05, 0.1) is 6.10 Å². The van der Waals surface area contributed by atoms with Crippen LogP contribution in [-0.2, 0) is 9.53 Å². The molecule has 2 aliphatic carbocycles. The summed E-state index contributed by atoms with van der Waals surface area (Å²) in [6.07, 6.45) is 0.348. The van der Waals surface area contributed by atoms with Gasteiger partial charge in [0.25, 0.3) is 5.92 Å². The molecule has 2 atom stereocenters. The summed E-state index contributed by atoms with van der Waals surface area (Å²) in [5, 5.41) is 8.28. The van der Waals surface area contributed by atoms with Crippen LogP contribution in [-0.4, -0.2) is 29.7 Å². The molecular formula is C8H10F2O3. The summed E-state index contributed by atoms with van der Waals surface area (Å²) >= 11 is 0. The standard InChI is InChI=1S/C8H10F2O3/c9-8(10)5-1-4(2-6(5)8)13-3-7(11)12/h4-6H,1-3H2,(H,11,12). The normalized spacial score (nSPS) is 40.0. The van der Waals surface area contributed by atoms with Gasteiger partial charge in [0.1, 0.15) is 6.61 Å². The van der Waals surface area contributed by atoms with Crippen molar-refractivity contribution >= 4 is 5.97 Å². The number of hydrogen-bond acceptors (Lipinski definition) is 2. The third kappa shape index (κ3) is 1.41. The highest BCUT2D eigenvalue weighted by Gasteiger charge is 2.71. The van der Waals surface area contributed by atoms with E-state index >= 15 is 0 Å². The van der Waals surface area contributed by atoms with Gasteiger partial charge in [-0.2, -0.15) is 0 Å². The van der Waals surface area contributed by atoms with Crippen molar-refractivity contribution in [2.75, 3.05) is 6.61 Å². The van der Waals surface area contributed by atoms with E-state index in [1.807, 2.05) is 0 Å². The fourth-order valence-corrected chi connectivity index (χ4v) is 2.09. The van der Waals surface area contributed by atoms with Crippen molar-refractivity contribution in [1.29, 1.82) is 0 Å². The van der Waals surface area contributed by atoms with Crippen molar-refractivity contribution in [3.8, 4) is 0 Å². The highest BCUT2D eigenvalue weighted by atomic mass is 19.3. The maximum Gasteiger partial charge on any atom is 0.329 e. The quantitative estimate of drug-likeness (QED) is 0.729. The number of carboxylic acids is 1. The Morgan fingerprint density at radius 3 is 2.46 bits per heavy atom. The summed E-state index contributed by atoms with van der Waals surface area (Å²) in [5.41, 5.74) is 0. The average molecular weight is 192 g/mol. The summed E-state index contributed by atoms with van der Waals surface area (Å²) < 4.78 is 30.2. The van der Waals surface area contributed by atoms with E-state index in [0.29, 0.717) is 12.8 Å². The summed E-state index contributed by atoms with van der Waals surface area (Å²) in [4.78, 5) is 10.1. The highest BCUT2D eigenvalue weighted by Crippen LogP contribution is 2.64. The number of ether oxygens (including phenoxy) is 1. The molecule has 13 heavy (non-hydrogen) atoms. The molecule has 0 aromatic heterocycles. The molecule has 0 amide bonds. The van der Waals surface area contributed by atoms with Crippen molar-refractivity contribution < 1.29 is 23.4 Å². The number of halogens is 2. The number of alkyl halides is 2. The molecule has 2 fully saturated rings. The minimum absolute atomic E-state index is 0.272. The van der Waals surface area contributed by atoms with E-state index in [-0.39, 0.29) is 12.7 Å². The van der Waals surface area contributed by atoms with Gasteiger partial charge in [0.2, 0.25) is 0 Å². The molecule has 2 aliphatic rings. The zero-order valence-electron chi connectivity index (χ0n) is 6.87. The van der Waals surface area contributed by atoms with Gasteiger partial charge in [-0.25, -0.2) is 13.6 Å². The Morgan fingerprint density at radius 2 is 2.00 bits per heavy atom. The first-order valence-electron chi connectivity index (χ1n) is 4.23. The van der Waals surface area contributed by atoms with Crippen molar-refractivity contribution in [1.82, 2.24) is 0 Å². The van der Waals surface area contributed by atoms with E-state index in [1.165, 1.54) is 0 Å². The Kier molecular flexibility index (Phi) is 1.80. The molecule has 5 heteroatoms. The fraction of sp³-hybridized carbons (Fsp3) is 0.875. The van der Waals surface area contributed by atoms with E-state index in [2.05, 4.69) is 0 Å². The Balaban J connectivity index is 1.75. The van der Waals surface area contributed by atoms with Crippen LogP contribution < -0.4 is 0 Å². The summed E-state index contributed by atoms with van der Waals surface area (Å²) in [5.74, 6) is -4.65. The second-order valence-corrected chi connectivity index (χ2v) is 3.69. The van der Waals surface area contributed by atoms with Crippen molar-refractivity contribution in [3.05, 3.63) is 0 Å². The van der Waals surface area contributed by atoms with Crippen LogP contribution in [0.5, 0.6) is 0 Å². The second kappa shape index (κ2) is 2.64. The smallest absolute Gasteiger partial charge is 0.329 e. The number of carboxylic acid groups (broad SMARTS) is 1. The van der Waals surface area contributed by atoms with Crippen LogP contribution in [0.3, 0.4) is 0 Å². The molecule has 0 spiro atoms. The largest absolute Gasteiger partial charge is 0.480 e. The molecule has 0 bridgehead atoms. The second-order valence-electron chi connectivity index (χ2n) is 3.69. The topological polar surface area (TPSA) is 46.5 Å². The summed E-state index contributed by atoms with van der Waals surface area (Å²) in [6.45, 7) is -0.379. The molecule has 0 aromatic carbocycles. The van der Waals surface area contributed by atoms with Gasteiger partial charge in [-0.05, 0) is 12.8 Å². The van der Waals surface area contributed by atoms with Gasteiger partial charge in [-0.15, -0.1) is 0 Å². The van der Waals surface area contributed by atoms with Crippen LogP contribution in [0.15, 0.2) is 0 Å². The maximum atomic E-state index is 12.6. The van der Waals surface area contributed by atoms with Gasteiger partial charge in [-0.1, -0.05) is 0 Å². The molecule has 0 radical (unpaired) electrons. The number of aliphatic carboxylic acids is 1. The van der Waals surface area contributed by atoms with Gasteiger partial charge < -0.3 is 9.84 Å². The SMILES string of the molecule is O=C(O)COC1CC2C(C1)C2(F)F. The molecule has 74 valence electrons. The van der Waals surface area contributed by atoms with Crippen molar-refractivity contribution in [3.63, 3.8) is 0 Å². The lowest BCUT2D eigenvalue weighted by molar-refractivity contribution is -0.144. The van der Waals surface area contributed by atoms with Gasteiger partial charge in [0, 0.05) is 11.8 Å². The Hall–Kier alpha value is -0.710. The Labute approximate surface area is 73.7 Å². The monoisotopic (exact) mass is 192 g/mol. The minimum Gasteiger partial charge on any atom is -0.480 e. The number of hydrogen-bond donors (Lipinski definition) is 1. The number of rotatable bonds is 3. The van der Waals surface area contributed by atoms with E-state index in [9.17, 15) is 13.6 Å². The zero-order valence-corrected chi connectivity index (χ0v) is 6.87. The summed E-state index contributed by atoms with van der Waals surface area (Å²) in [7, 11) is 0. The van der Waals surface area contributed by atoms with Gasteiger partial charge in [-0.3, -0.25) is 0 Å². The lowest BCUT2D eigenvalue weighted by atomic mass is 10.2. The van der Waals surface area contributed by atoms with Gasteiger partial charge >= 0.3 is 5.97 Å². The predicted octanol–water partition coefficient (Wildman–Crippen LogP) is 1.13. The lowest BCUT2D eigenvalue weighted by Crippen LogP contribution is -2.19. The molecule has 0 heterocycles. The van der Waals surface area contributed by atoms with E-state index in [0.717, 1.165) is 0 Å². The first-order chi connectivity index (χ1) is 6.01.